The van der Waals surface area contributed by atoms with Crippen molar-refractivity contribution in [3.63, 3.8) is 0 Å². The number of amides is 3. The van der Waals surface area contributed by atoms with Crippen molar-refractivity contribution < 1.29 is 19.5 Å². The van der Waals surface area contributed by atoms with Crippen LogP contribution < -0.4 is 15.5 Å². The number of hydrogen-bond acceptors (Lipinski definition) is 3. The minimum absolute atomic E-state index is 0.142. The summed E-state index contributed by atoms with van der Waals surface area (Å²) in [7, 11) is 0. The molecule has 7 nitrogen and oxygen atoms in total. The van der Waals surface area contributed by atoms with Gasteiger partial charge in [0.25, 0.3) is 5.91 Å². The summed E-state index contributed by atoms with van der Waals surface area (Å²) in [4.78, 5) is 37.1. The van der Waals surface area contributed by atoms with E-state index in [2.05, 4.69) is 10.6 Å². The highest BCUT2D eigenvalue weighted by Crippen LogP contribution is 2.25. The van der Waals surface area contributed by atoms with Crippen molar-refractivity contribution in [3.8, 4) is 0 Å². The van der Waals surface area contributed by atoms with Gasteiger partial charge in [-0.3, -0.25) is 9.69 Å². The van der Waals surface area contributed by atoms with Crippen LogP contribution in [0.1, 0.15) is 30.6 Å². The molecule has 3 amide bonds. The van der Waals surface area contributed by atoms with Gasteiger partial charge in [0.2, 0.25) is 0 Å². The zero-order valence-electron chi connectivity index (χ0n) is 13.5. The summed E-state index contributed by atoms with van der Waals surface area (Å²) in [6.45, 7) is 4.63. The fourth-order valence-corrected chi connectivity index (χ4v) is 2.68. The lowest BCUT2D eigenvalue weighted by Gasteiger charge is -2.21. The Morgan fingerprint density at radius 3 is 2.71 bits per heavy atom. The van der Waals surface area contributed by atoms with Crippen LogP contribution in [0, 0.1) is 5.92 Å². The number of carboxylic acids is 1. The number of nitrogens with zero attached hydrogens (tertiary/aromatic N) is 1. The molecule has 0 unspecified atom stereocenters. The number of anilines is 1. The maximum atomic E-state index is 12.5. The SMILES string of the molecule is CC[C@H](C)[C@H](NC(=O)c1cc(N2CCNC2=O)ccc1Cl)C(=O)O. The largest absolute Gasteiger partial charge is 0.480 e. The molecule has 2 rings (SSSR count). The predicted octanol–water partition coefficient (Wildman–Crippen LogP) is 2.10. The minimum atomic E-state index is -1.09. The smallest absolute Gasteiger partial charge is 0.326 e. The minimum Gasteiger partial charge on any atom is -0.480 e. The van der Waals surface area contributed by atoms with Gasteiger partial charge in [-0.1, -0.05) is 31.9 Å². The number of hydrogen-bond donors (Lipinski definition) is 3. The lowest BCUT2D eigenvalue weighted by atomic mass is 9.99. The Hall–Kier alpha value is -2.28. The second-order valence-electron chi connectivity index (χ2n) is 5.72. The Morgan fingerprint density at radius 1 is 1.46 bits per heavy atom. The molecule has 3 N–H and O–H groups in total. The molecular formula is C16H20ClN3O4. The molecule has 0 bridgehead atoms. The lowest BCUT2D eigenvalue weighted by molar-refractivity contribution is -0.140. The number of halogens is 1. The van der Waals surface area contributed by atoms with Crippen LogP contribution in [0.5, 0.6) is 0 Å². The fraction of sp³-hybridized carbons (Fsp3) is 0.438. The summed E-state index contributed by atoms with van der Waals surface area (Å²) < 4.78 is 0. The van der Waals surface area contributed by atoms with Gasteiger partial charge in [0.05, 0.1) is 10.6 Å². The molecule has 0 aromatic heterocycles. The molecule has 0 aliphatic carbocycles. The Morgan fingerprint density at radius 2 is 2.17 bits per heavy atom. The Bertz CT molecular complexity index is 665. The Labute approximate surface area is 145 Å². The van der Waals surface area contributed by atoms with Crippen LogP contribution in [0.15, 0.2) is 18.2 Å². The van der Waals surface area contributed by atoms with E-state index in [0.717, 1.165) is 0 Å². The first-order chi connectivity index (χ1) is 11.3. The molecule has 1 aromatic carbocycles. The summed E-state index contributed by atoms with van der Waals surface area (Å²) in [5.41, 5.74) is 0.679. The highest BCUT2D eigenvalue weighted by molar-refractivity contribution is 6.34. The average Bonchev–Trinajstić information content (AvgIpc) is 2.98. The summed E-state index contributed by atoms with van der Waals surface area (Å²) in [5.74, 6) is -1.89. The van der Waals surface area contributed by atoms with Crippen LogP contribution in [-0.2, 0) is 4.79 Å². The third-order valence-electron chi connectivity index (χ3n) is 4.13. The molecule has 130 valence electrons. The molecule has 1 heterocycles. The first-order valence-electron chi connectivity index (χ1n) is 7.73. The van der Waals surface area contributed by atoms with E-state index in [1.54, 1.807) is 13.0 Å². The highest BCUT2D eigenvalue weighted by Gasteiger charge is 2.27. The van der Waals surface area contributed by atoms with Gasteiger partial charge in [0.15, 0.2) is 0 Å². The van der Waals surface area contributed by atoms with Crippen molar-refractivity contribution in [2.75, 3.05) is 18.0 Å². The molecule has 0 radical (unpaired) electrons. The van der Waals surface area contributed by atoms with Crippen molar-refractivity contribution in [1.82, 2.24) is 10.6 Å². The molecule has 2 atom stereocenters. The third kappa shape index (κ3) is 3.79. The van der Waals surface area contributed by atoms with E-state index in [4.69, 9.17) is 11.6 Å². The number of aliphatic carboxylic acids is 1. The molecule has 1 aliphatic rings. The quantitative estimate of drug-likeness (QED) is 0.729. The molecule has 0 saturated carbocycles. The van der Waals surface area contributed by atoms with Crippen molar-refractivity contribution in [2.24, 2.45) is 5.92 Å². The summed E-state index contributed by atoms with van der Waals surface area (Å²) in [6, 6.07) is 3.42. The topological polar surface area (TPSA) is 98.7 Å². The number of benzene rings is 1. The van der Waals surface area contributed by atoms with E-state index in [-0.39, 0.29) is 22.5 Å². The second kappa shape index (κ2) is 7.53. The number of urea groups is 1. The number of nitrogens with one attached hydrogen (secondary N) is 2. The monoisotopic (exact) mass is 353 g/mol. The van der Waals surface area contributed by atoms with Crippen LogP contribution in [0.25, 0.3) is 0 Å². The molecular weight excluding hydrogens is 334 g/mol. The van der Waals surface area contributed by atoms with E-state index in [9.17, 15) is 19.5 Å². The number of rotatable bonds is 6. The molecule has 24 heavy (non-hydrogen) atoms. The van der Waals surface area contributed by atoms with Gasteiger partial charge in [0, 0.05) is 18.8 Å². The molecule has 1 fully saturated rings. The van der Waals surface area contributed by atoms with E-state index in [0.29, 0.717) is 25.2 Å². The van der Waals surface area contributed by atoms with E-state index in [1.807, 2.05) is 6.92 Å². The fourth-order valence-electron chi connectivity index (χ4n) is 2.48. The number of carbonyl (C=O) groups excluding carboxylic acids is 2. The van der Waals surface area contributed by atoms with Crippen molar-refractivity contribution in [1.29, 1.82) is 0 Å². The van der Waals surface area contributed by atoms with Gasteiger partial charge in [-0.05, 0) is 24.1 Å². The van der Waals surface area contributed by atoms with Crippen LogP contribution >= 0.6 is 11.6 Å². The second-order valence-corrected chi connectivity index (χ2v) is 6.13. The van der Waals surface area contributed by atoms with Gasteiger partial charge in [-0.15, -0.1) is 0 Å². The number of carbonyl (C=O) groups is 3. The van der Waals surface area contributed by atoms with Crippen LogP contribution in [0.3, 0.4) is 0 Å². The van der Waals surface area contributed by atoms with E-state index < -0.39 is 17.9 Å². The zero-order valence-corrected chi connectivity index (χ0v) is 14.3. The van der Waals surface area contributed by atoms with Crippen molar-refractivity contribution in [2.45, 2.75) is 26.3 Å². The Balaban J connectivity index is 2.25. The Kier molecular flexibility index (Phi) is 5.66. The standard InChI is InChI=1S/C16H20ClN3O4/c1-3-9(2)13(15(22)23)19-14(21)11-8-10(4-5-12(11)17)20-7-6-18-16(20)24/h4-5,8-9,13H,3,6-7H2,1-2H3,(H,18,24)(H,19,21)(H,22,23)/t9-,13-/m0/s1. The van der Waals surface area contributed by atoms with Crippen LogP contribution in [-0.4, -0.2) is 42.1 Å². The molecule has 1 aromatic rings. The zero-order chi connectivity index (χ0) is 17.9. The van der Waals surface area contributed by atoms with Crippen molar-refractivity contribution >= 4 is 35.2 Å². The van der Waals surface area contributed by atoms with Crippen molar-refractivity contribution in [3.05, 3.63) is 28.8 Å². The first-order valence-corrected chi connectivity index (χ1v) is 8.11. The van der Waals surface area contributed by atoms with Gasteiger partial charge < -0.3 is 15.7 Å². The summed E-state index contributed by atoms with van der Waals surface area (Å²) >= 11 is 6.08. The van der Waals surface area contributed by atoms with Gasteiger partial charge >= 0.3 is 12.0 Å². The maximum absolute atomic E-state index is 12.5. The van der Waals surface area contributed by atoms with E-state index in [1.165, 1.54) is 17.0 Å². The molecule has 0 spiro atoms. The normalized spacial score (nSPS) is 16.5. The molecule has 8 heteroatoms. The van der Waals surface area contributed by atoms with Gasteiger partial charge in [-0.25, -0.2) is 9.59 Å². The highest BCUT2D eigenvalue weighted by atomic mass is 35.5. The average molecular weight is 354 g/mol. The van der Waals surface area contributed by atoms with Gasteiger partial charge in [-0.2, -0.15) is 0 Å². The maximum Gasteiger partial charge on any atom is 0.326 e. The van der Waals surface area contributed by atoms with Gasteiger partial charge in [0.1, 0.15) is 6.04 Å². The summed E-state index contributed by atoms with van der Waals surface area (Å²) in [6.07, 6.45) is 0.610. The lowest BCUT2D eigenvalue weighted by Crippen LogP contribution is -2.45. The van der Waals surface area contributed by atoms with Crippen LogP contribution in [0.4, 0.5) is 10.5 Å². The van der Waals surface area contributed by atoms with Crippen LogP contribution in [0.2, 0.25) is 5.02 Å². The first kappa shape index (κ1) is 18.1. The number of carboxylic acid groups (broad SMARTS) is 1. The van der Waals surface area contributed by atoms with E-state index >= 15 is 0 Å². The molecule has 1 aliphatic heterocycles. The third-order valence-corrected chi connectivity index (χ3v) is 4.46. The predicted molar refractivity (Wildman–Crippen MR) is 90.5 cm³/mol. The summed E-state index contributed by atoms with van der Waals surface area (Å²) in [5, 5.41) is 14.7. The molecule has 1 saturated heterocycles.